The SMILES string of the molecule is CC(CN=C1CC(C2CN(Cc3ncco3)C2)=[N+]1c1ccc(C)cc1)=C1N=CC=CN1C. The number of nitrogens with zero attached hydrogens (tertiary/aromatic N) is 6. The standard InChI is InChI=1S/C25H29N6O/c1-18-5-7-21(8-6-18)31-22(20-15-30(16-20)17-24-26-10-12-32-24)13-23(31)28-14-19(2)25-27-9-4-11-29(25)3/h4-12,20H,13-17H2,1-3H3/q+1. The molecule has 164 valence electrons. The Morgan fingerprint density at radius 1 is 1.25 bits per heavy atom. The summed E-state index contributed by atoms with van der Waals surface area (Å²) in [6.07, 6.45) is 10.1. The van der Waals surface area contributed by atoms with Crippen LogP contribution in [0, 0.1) is 12.8 Å². The summed E-state index contributed by atoms with van der Waals surface area (Å²) in [7, 11) is 2.02. The summed E-state index contributed by atoms with van der Waals surface area (Å²) in [6, 6.07) is 8.73. The maximum absolute atomic E-state index is 5.40. The van der Waals surface area contributed by atoms with Gasteiger partial charge >= 0.3 is 5.84 Å². The first-order chi connectivity index (χ1) is 15.6. The summed E-state index contributed by atoms with van der Waals surface area (Å²) in [5, 5.41) is 0. The van der Waals surface area contributed by atoms with Crippen LogP contribution in [0.2, 0.25) is 0 Å². The molecule has 1 aromatic carbocycles. The number of aromatic nitrogens is 1. The summed E-state index contributed by atoms with van der Waals surface area (Å²) in [6.45, 7) is 7.72. The maximum atomic E-state index is 5.40. The van der Waals surface area contributed by atoms with Crippen molar-refractivity contribution >= 4 is 23.4 Å². The lowest BCUT2D eigenvalue weighted by molar-refractivity contribution is -0.335. The number of hydrogen-bond acceptors (Lipinski definition) is 6. The minimum absolute atomic E-state index is 0.545. The largest absolute Gasteiger partial charge is 0.448 e. The highest BCUT2D eigenvalue weighted by molar-refractivity contribution is 6.10. The molecule has 0 aliphatic carbocycles. The van der Waals surface area contributed by atoms with E-state index in [2.05, 4.69) is 57.6 Å². The van der Waals surface area contributed by atoms with Gasteiger partial charge in [-0.3, -0.25) is 4.90 Å². The van der Waals surface area contributed by atoms with Crippen molar-refractivity contribution in [3.63, 3.8) is 0 Å². The number of aryl methyl sites for hydroxylation is 1. The molecule has 0 amide bonds. The van der Waals surface area contributed by atoms with Gasteiger partial charge in [0.2, 0.25) is 5.89 Å². The van der Waals surface area contributed by atoms with Crippen molar-refractivity contribution < 1.29 is 8.99 Å². The van der Waals surface area contributed by atoms with Crippen LogP contribution < -0.4 is 0 Å². The van der Waals surface area contributed by atoms with Crippen LogP contribution in [0.5, 0.6) is 0 Å². The molecule has 5 rings (SSSR count). The van der Waals surface area contributed by atoms with E-state index in [4.69, 9.17) is 9.41 Å². The summed E-state index contributed by atoms with van der Waals surface area (Å²) in [4.78, 5) is 18.2. The Labute approximate surface area is 188 Å². The number of likely N-dealkylation sites (tertiary alicyclic amines) is 1. The van der Waals surface area contributed by atoms with Crippen LogP contribution in [0.3, 0.4) is 0 Å². The van der Waals surface area contributed by atoms with Gasteiger partial charge < -0.3 is 9.32 Å². The third-order valence-corrected chi connectivity index (χ3v) is 6.25. The molecule has 3 aliphatic rings. The van der Waals surface area contributed by atoms with Gasteiger partial charge in [0, 0.05) is 44.0 Å². The molecule has 0 radical (unpaired) electrons. The average Bonchev–Trinajstić information content (AvgIpc) is 3.26. The second kappa shape index (κ2) is 8.67. The summed E-state index contributed by atoms with van der Waals surface area (Å²) >= 11 is 0. The molecule has 0 atom stereocenters. The van der Waals surface area contributed by atoms with Crippen molar-refractivity contribution in [1.82, 2.24) is 14.8 Å². The van der Waals surface area contributed by atoms with Crippen LogP contribution in [-0.4, -0.2) is 63.8 Å². The van der Waals surface area contributed by atoms with E-state index in [1.54, 1.807) is 12.5 Å². The highest BCUT2D eigenvalue weighted by Crippen LogP contribution is 2.30. The molecule has 32 heavy (non-hydrogen) atoms. The van der Waals surface area contributed by atoms with Gasteiger partial charge in [-0.25, -0.2) is 14.6 Å². The zero-order chi connectivity index (χ0) is 22.1. The van der Waals surface area contributed by atoms with Crippen molar-refractivity contribution in [2.45, 2.75) is 26.8 Å². The molecule has 0 spiro atoms. The zero-order valence-electron chi connectivity index (χ0n) is 18.9. The van der Waals surface area contributed by atoms with Crippen LogP contribution in [0.4, 0.5) is 5.69 Å². The molecule has 3 aliphatic heterocycles. The Morgan fingerprint density at radius 3 is 2.78 bits per heavy atom. The van der Waals surface area contributed by atoms with Gasteiger partial charge in [-0.2, -0.15) is 0 Å². The van der Waals surface area contributed by atoms with E-state index >= 15 is 0 Å². The third-order valence-electron chi connectivity index (χ3n) is 6.25. The Bertz CT molecular complexity index is 1130. The van der Waals surface area contributed by atoms with Crippen LogP contribution >= 0.6 is 0 Å². The quantitative estimate of drug-likeness (QED) is 0.656. The topological polar surface area (TPSA) is 60.2 Å². The second-order valence-corrected chi connectivity index (χ2v) is 8.72. The van der Waals surface area contributed by atoms with Crippen LogP contribution in [-0.2, 0) is 6.54 Å². The van der Waals surface area contributed by atoms with Crippen LogP contribution in [0.1, 0.15) is 24.8 Å². The molecule has 0 bridgehead atoms. The van der Waals surface area contributed by atoms with E-state index in [1.807, 2.05) is 30.4 Å². The van der Waals surface area contributed by atoms with E-state index in [9.17, 15) is 0 Å². The Hall–Kier alpha value is -3.32. The van der Waals surface area contributed by atoms with Crippen molar-refractivity contribution in [2.24, 2.45) is 15.9 Å². The Morgan fingerprint density at radius 2 is 2.06 bits per heavy atom. The van der Waals surface area contributed by atoms with Gasteiger partial charge in [-0.1, -0.05) is 22.7 Å². The lowest BCUT2D eigenvalue weighted by atomic mass is 9.87. The van der Waals surface area contributed by atoms with Gasteiger partial charge in [0.05, 0.1) is 12.7 Å². The lowest BCUT2D eigenvalue weighted by Crippen LogP contribution is -2.55. The van der Waals surface area contributed by atoms with Gasteiger partial charge in [0.1, 0.15) is 29.9 Å². The lowest BCUT2D eigenvalue weighted by Gasteiger charge is -2.41. The monoisotopic (exact) mass is 429 g/mol. The van der Waals surface area contributed by atoms with Crippen molar-refractivity contribution in [1.29, 1.82) is 0 Å². The molecule has 4 heterocycles. The first kappa shape index (κ1) is 20.6. The molecular weight excluding hydrogens is 400 g/mol. The average molecular weight is 430 g/mol. The fourth-order valence-electron chi connectivity index (χ4n) is 4.42. The van der Waals surface area contributed by atoms with Gasteiger partial charge in [-0.15, -0.1) is 0 Å². The number of rotatable bonds is 6. The van der Waals surface area contributed by atoms with Gasteiger partial charge in [0.15, 0.2) is 6.54 Å². The molecule has 0 unspecified atom stereocenters. The number of hydrogen-bond donors (Lipinski definition) is 0. The predicted molar refractivity (Wildman–Crippen MR) is 126 cm³/mol. The first-order valence-corrected chi connectivity index (χ1v) is 11.1. The second-order valence-electron chi connectivity index (χ2n) is 8.72. The normalized spacial score (nSPS) is 21.8. The highest BCUT2D eigenvalue weighted by atomic mass is 16.3. The van der Waals surface area contributed by atoms with E-state index in [0.717, 1.165) is 43.6 Å². The molecule has 1 fully saturated rings. The first-order valence-electron chi connectivity index (χ1n) is 11.1. The predicted octanol–water partition coefficient (Wildman–Crippen LogP) is 3.76. The third kappa shape index (κ3) is 4.08. The minimum atomic E-state index is 0.545. The summed E-state index contributed by atoms with van der Waals surface area (Å²) in [5.74, 6) is 3.44. The van der Waals surface area contributed by atoms with E-state index in [-0.39, 0.29) is 0 Å². The van der Waals surface area contributed by atoms with Gasteiger partial charge in [0.25, 0.3) is 0 Å². The van der Waals surface area contributed by atoms with Crippen LogP contribution in [0.25, 0.3) is 0 Å². The molecule has 7 nitrogen and oxygen atoms in total. The molecule has 1 aromatic heterocycles. The number of amidine groups is 1. The van der Waals surface area contributed by atoms with E-state index < -0.39 is 0 Å². The smallest absolute Gasteiger partial charge is 0.305 e. The number of oxazole rings is 1. The molecule has 0 N–H and O–H groups in total. The van der Waals surface area contributed by atoms with Crippen LogP contribution in [0.15, 0.2) is 74.8 Å². The molecule has 1 saturated heterocycles. The molecule has 2 aromatic rings. The minimum Gasteiger partial charge on any atom is -0.448 e. The number of allylic oxidation sites excluding steroid dienone is 1. The number of benzene rings is 1. The number of aliphatic imine (C=N–C) groups is 2. The van der Waals surface area contributed by atoms with Gasteiger partial charge in [-0.05, 0) is 32.1 Å². The fourth-order valence-corrected chi connectivity index (χ4v) is 4.42. The van der Waals surface area contributed by atoms with Crippen molar-refractivity contribution in [3.05, 3.63) is 71.8 Å². The molecular formula is C25H29N6O+. The molecule has 0 saturated carbocycles. The van der Waals surface area contributed by atoms with Crippen molar-refractivity contribution in [3.8, 4) is 0 Å². The Balaban J connectivity index is 1.34. The molecule has 7 heteroatoms. The summed E-state index contributed by atoms with van der Waals surface area (Å²) in [5.41, 5.74) is 5.08. The van der Waals surface area contributed by atoms with E-state index in [1.165, 1.54) is 22.5 Å². The highest BCUT2D eigenvalue weighted by Gasteiger charge is 2.43. The Kier molecular flexibility index (Phi) is 5.57. The zero-order valence-corrected chi connectivity index (χ0v) is 18.9. The maximum Gasteiger partial charge on any atom is 0.305 e. The fraction of sp³-hybridized carbons (Fsp3) is 0.360. The van der Waals surface area contributed by atoms with E-state index in [0.29, 0.717) is 12.5 Å². The van der Waals surface area contributed by atoms with Crippen molar-refractivity contribution in [2.75, 3.05) is 26.7 Å². The summed E-state index contributed by atoms with van der Waals surface area (Å²) < 4.78 is 7.75.